The van der Waals surface area contributed by atoms with Crippen molar-refractivity contribution in [3.63, 3.8) is 0 Å². The fourth-order valence-electron chi connectivity index (χ4n) is 6.67. The number of fused-ring (bicyclic) bond motifs is 3. The summed E-state index contributed by atoms with van der Waals surface area (Å²) in [6.07, 6.45) is 0. The Labute approximate surface area is 290 Å². The molecule has 0 saturated heterocycles. The summed E-state index contributed by atoms with van der Waals surface area (Å²) in [5.41, 5.74) is 9.95. The minimum absolute atomic E-state index is 0.575. The Bertz CT molecular complexity index is 2620. The second-order valence-electron chi connectivity index (χ2n) is 12.3. The summed E-state index contributed by atoms with van der Waals surface area (Å²) in [5, 5.41) is 3.29. The van der Waals surface area contributed by atoms with Crippen molar-refractivity contribution in [2.45, 2.75) is 0 Å². The van der Waals surface area contributed by atoms with Crippen LogP contribution in [0.25, 0.3) is 89.4 Å². The first-order valence-electron chi connectivity index (χ1n) is 16.7. The van der Waals surface area contributed by atoms with E-state index < -0.39 is 0 Å². The molecule has 0 atom stereocenters. The zero-order valence-electron chi connectivity index (χ0n) is 27.1. The molecule has 0 unspecified atom stereocenters. The summed E-state index contributed by atoms with van der Waals surface area (Å²) in [5.74, 6) is 1.79. The maximum atomic E-state index is 5.42. The van der Waals surface area contributed by atoms with E-state index in [-0.39, 0.29) is 0 Å². The summed E-state index contributed by atoms with van der Waals surface area (Å²) in [6.45, 7) is 0. The van der Waals surface area contributed by atoms with Crippen molar-refractivity contribution in [1.82, 2.24) is 19.9 Å². The standard InChI is InChI=1S/C46H30N4/c1-5-16-31(17-6-1)35-25-15-26-37(28-35)45-48-44(34-22-11-4-12-23-34)49-46(50-45)40-29-36-24-13-14-27-38(36)42-39(32-18-7-2-8-19-32)30-41(47-43(40)42)33-20-9-3-10-21-33/h1-30H. The van der Waals surface area contributed by atoms with Crippen molar-refractivity contribution >= 4 is 21.7 Å². The number of rotatable bonds is 6. The van der Waals surface area contributed by atoms with Crippen molar-refractivity contribution in [3.05, 3.63) is 182 Å². The van der Waals surface area contributed by atoms with Crippen LogP contribution >= 0.6 is 0 Å². The van der Waals surface area contributed by atoms with Crippen LogP contribution in [0.5, 0.6) is 0 Å². The molecule has 0 aliphatic rings. The molecule has 2 heterocycles. The van der Waals surface area contributed by atoms with E-state index in [1.165, 1.54) is 0 Å². The topological polar surface area (TPSA) is 51.6 Å². The highest BCUT2D eigenvalue weighted by Crippen LogP contribution is 2.41. The van der Waals surface area contributed by atoms with Crippen LogP contribution in [0.1, 0.15) is 0 Å². The Balaban J connectivity index is 1.36. The fraction of sp³-hybridized carbons (Fsp3) is 0. The van der Waals surface area contributed by atoms with Crippen LogP contribution in [-0.4, -0.2) is 19.9 Å². The predicted molar refractivity (Wildman–Crippen MR) is 205 cm³/mol. The van der Waals surface area contributed by atoms with Gasteiger partial charge in [-0.25, -0.2) is 19.9 Å². The quantitative estimate of drug-likeness (QED) is 0.170. The third-order valence-electron chi connectivity index (χ3n) is 9.10. The third-order valence-corrected chi connectivity index (χ3v) is 9.10. The molecule has 2 aromatic heterocycles. The van der Waals surface area contributed by atoms with Gasteiger partial charge in [0.05, 0.1) is 11.2 Å². The SMILES string of the molecule is c1ccc(-c2cccc(-c3nc(-c4ccccc4)nc(-c4cc5ccccc5c5c(-c6ccccc6)cc(-c6ccccc6)nc45)n3)c2)cc1. The van der Waals surface area contributed by atoms with Crippen molar-refractivity contribution in [1.29, 1.82) is 0 Å². The van der Waals surface area contributed by atoms with Crippen molar-refractivity contribution < 1.29 is 0 Å². The molecule has 9 rings (SSSR count). The molecule has 0 fully saturated rings. The van der Waals surface area contributed by atoms with E-state index in [4.69, 9.17) is 19.9 Å². The predicted octanol–water partition coefficient (Wildman–Crippen LogP) is 11.6. The summed E-state index contributed by atoms with van der Waals surface area (Å²) in [4.78, 5) is 20.9. The van der Waals surface area contributed by atoms with Gasteiger partial charge in [-0.05, 0) is 51.2 Å². The lowest BCUT2D eigenvalue weighted by Crippen LogP contribution is -2.02. The maximum absolute atomic E-state index is 5.42. The number of pyridine rings is 1. The minimum Gasteiger partial charge on any atom is -0.247 e. The van der Waals surface area contributed by atoms with Gasteiger partial charge in [0.15, 0.2) is 17.5 Å². The Kier molecular flexibility index (Phi) is 7.45. The number of benzene rings is 7. The molecular weight excluding hydrogens is 609 g/mol. The number of hydrogen-bond donors (Lipinski definition) is 0. The molecule has 4 heteroatoms. The van der Waals surface area contributed by atoms with Crippen LogP contribution in [0.2, 0.25) is 0 Å². The lowest BCUT2D eigenvalue weighted by molar-refractivity contribution is 1.08. The lowest BCUT2D eigenvalue weighted by atomic mass is 9.92. The van der Waals surface area contributed by atoms with Crippen LogP contribution in [0.4, 0.5) is 0 Å². The van der Waals surface area contributed by atoms with E-state index in [0.717, 1.165) is 71.9 Å². The van der Waals surface area contributed by atoms with E-state index >= 15 is 0 Å². The minimum atomic E-state index is 0.575. The second kappa shape index (κ2) is 12.7. The van der Waals surface area contributed by atoms with Crippen molar-refractivity contribution in [2.24, 2.45) is 0 Å². The average Bonchev–Trinajstić information content (AvgIpc) is 3.21. The fourth-order valence-corrected chi connectivity index (χ4v) is 6.67. The van der Waals surface area contributed by atoms with Gasteiger partial charge >= 0.3 is 0 Å². The van der Waals surface area contributed by atoms with Crippen LogP contribution < -0.4 is 0 Å². The first-order chi connectivity index (χ1) is 24.8. The van der Waals surface area contributed by atoms with Gasteiger partial charge in [0, 0.05) is 27.6 Å². The maximum Gasteiger partial charge on any atom is 0.166 e. The molecule has 234 valence electrons. The van der Waals surface area contributed by atoms with Crippen LogP contribution in [-0.2, 0) is 0 Å². The Hall–Kier alpha value is -6.78. The molecular formula is C46H30N4. The molecule has 0 amide bonds. The summed E-state index contributed by atoms with van der Waals surface area (Å²) in [7, 11) is 0. The highest BCUT2D eigenvalue weighted by Gasteiger charge is 2.20. The van der Waals surface area contributed by atoms with Gasteiger partial charge in [0.1, 0.15) is 0 Å². The van der Waals surface area contributed by atoms with Crippen LogP contribution in [0.15, 0.2) is 182 Å². The smallest absolute Gasteiger partial charge is 0.166 e. The van der Waals surface area contributed by atoms with E-state index in [9.17, 15) is 0 Å². The second-order valence-corrected chi connectivity index (χ2v) is 12.3. The lowest BCUT2D eigenvalue weighted by Gasteiger charge is -2.16. The molecule has 0 N–H and O–H groups in total. The Morgan fingerprint density at radius 1 is 0.300 bits per heavy atom. The van der Waals surface area contributed by atoms with E-state index in [1.54, 1.807) is 0 Å². The Morgan fingerprint density at radius 3 is 1.52 bits per heavy atom. The molecule has 4 nitrogen and oxygen atoms in total. The molecule has 0 aliphatic carbocycles. The monoisotopic (exact) mass is 638 g/mol. The van der Waals surface area contributed by atoms with Gasteiger partial charge in [-0.2, -0.15) is 0 Å². The highest BCUT2D eigenvalue weighted by molar-refractivity contribution is 6.18. The molecule has 9 aromatic rings. The van der Waals surface area contributed by atoms with Gasteiger partial charge in [-0.1, -0.05) is 164 Å². The van der Waals surface area contributed by atoms with Crippen LogP contribution in [0.3, 0.4) is 0 Å². The molecule has 50 heavy (non-hydrogen) atoms. The summed E-state index contributed by atoms with van der Waals surface area (Å²) in [6, 6.07) is 62.7. The summed E-state index contributed by atoms with van der Waals surface area (Å²) >= 11 is 0. The largest absolute Gasteiger partial charge is 0.247 e. The molecule has 7 aromatic carbocycles. The van der Waals surface area contributed by atoms with Gasteiger partial charge < -0.3 is 0 Å². The number of hydrogen-bond acceptors (Lipinski definition) is 4. The van der Waals surface area contributed by atoms with Gasteiger partial charge in [0.2, 0.25) is 0 Å². The highest BCUT2D eigenvalue weighted by atomic mass is 15.0. The molecule has 0 aliphatic heterocycles. The number of aromatic nitrogens is 4. The zero-order valence-corrected chi connectivity index (χ0v) is 27.1. The van der Waals surface area contributed by atoms with Gasteiger partial charge in [-0.15, -0.1) is 0 Å². The van der Waals surface area contributed by atoms with Crippen molar-refractivity contribution in [2.75, 3.05) is 0 Å². The van der Waals surface area contributed by atoms with Gasteiger partial charge in [0.25, 0.3) is 0 Å². The van der Waals surface area contributed by atoms with E-state index in [2.05, 4.69) is 140 Å². The third kappa shape index (κ3) is 5.49. The number of nitrogens with zero attached hydrogens (tertiary/aromatic N) is 4. The first-order valence-corrected chi connectivity index (χ1v) is 16.7. The zero-order chi connectivity index (χ0) is 33.3. The van der Waals surface area contributed by atoms with E-state index in [0.29, 0.717) is 17.5 Å². The van der Waals surface area contributed by atoms with Crippen LogP contribution in [0, 0.1) is 0 Å². The first kappa shape index (κ1) is 29.4. The van der Waals surface area contributed by atoms with Gasteiger partial charge in [-0.3, -0.25) is 0 Å². The average molecular weight is 639 g/mol. The molecule has 0 spiro atoms. The molecule has 0 saturated carbocycles. The molecule has 0 radical (unpaired) electrons. The Morgan fingerprint density at radius 2 is 0.820 bits per heavy atom. The molecule has 0 bridgehead atoms. The summed E-state index contributed by atoms with van der Waals surface area (Å²) < 4.78 is 0. The van der Waals surface area contributed by atoms with Crippen molar-refractivity contribution in [3.8, 4) is 67.7 Å². The normalized spacial score (nSPS) is 11.2. The van der Waals surface area contributed by atoms with E-state index in [1.807, 2.05) is 42.5 Å².